The summed E-state index contributed by atoms with van der Waals surface area (Å²) in [7, 11) is 1.69. The number of fused-ring (bicyclic) bond motifs is 1. The molecule has 0 saturated carbocycles. The lowest BCUT2D eigenvalue weighted by molar-refractivity contribution is 0.0714. The molecule has 0 aromatic heterocycles. The van der Waals surface area contributed by atoms with E-state index in [4.69, 9.17) is 4.74 Å². The number of likely N-dealkylation sites (tertiary alicyclic amines) is 1. The third-order valence-electron chi connectivity index (χ3n) is 4.59. The highest BCUT2D eigenvalue weighted by Gasteiger charge is 2.30. The maximum atomic E-state index is 10.6. The molecular formula is C16H23NO2. The van der Waals surface area contributed by atoms with Crippen LogP contribution < -0.4 is 4.74 Å². The van der Waals surface area contributed by atoms with Crippen LogP contribution in [0, 0.1) is 5.92 Å². The summed E-state index contributed by atoms with van der Waals surface area (Å²) >= 11 is 0. The fourth-order valence-electron chi connectivity index (χ4n) is 3.45. The second kappa shape index (κ2) is 5.51. The number of hydrogen-bond acceptors (Lipinski definition) is 3. The van der Waals surface area contributed by atoms with E-state index in [9.17, 15) is 5.11 Å². The number of ether oxygens (including phenoxy) is 1. The molecule has 1 saturated heterocycles. The Morgan fingerprint density at radius 3 is 2.84 bits per heavy atom. The first-order chi connectivity index (χ1) is 9.28. The van der Waals surface area contributed by atoms with Crippen LogP contribution in [0.4, 0.5) is 0 Å². The molecule has 1 fully saturated rings. The molecule has 3 heteroatoms. The van der Waals surface area contributed by atoms with Crippen molar-refractivity contribution in [3.05, 3.63) is 29.3 Å². The quantitative estimate of drug-likeness (QED) is 0.907. The summed E-state index contributed by atoms with van der Waals surface area (Å²) in [6.07, 6.45) is 4.46. The molecule has 0 bridgehead atoms. The fraction of sp³-hybridized carbons (Fsp3) is 0.625. The number of rotatable bonds is 3. The standard InChI is InChI=1S/C16H23NO2/c1-19-14-6-7-15-12(10-14)4-5-13(16(15)18)11-17-8-2-3-9-17/h6-7,10,13,16,18H,2-5,8-9,11H2,1H3. The van der Waals surface area contributed by atoms with E-state index in [0.29, 0.717) is 5.92 Å². The molecule has 2 unspecified atom stereocenters. The summed E-state index contributed by atoms with van der Waals surface area (Å²) in [5.41, 5.74) is 2.36. The Balaban J connectivity index is 1.73. The zero-order chi connectivity index (χ0) is 13.2. The maximum Gasteiger partial charge on any atom is 0.119 e. The maximum absolute atomic E-state index is 10.6. The van der Waals surface area contributed by atoms with Gasteiger partial charge in [0.2, 0.25) is 0 Å². The Morgan fingerprint density at radius 2 is 2.11 bits per heavy atom. The van der Waals surface area contributed by atoms with Crippen molar-refractivity contribution in [2.24, 2.45) is 5.92 Å². The zero-order valence-electron chi connectivity index (χ0n) is 11.6. The van der Waals surface area contributed by atoms with Crippen molar-refractivity contribution in [3.8, 4) is 5.75 Å². The highest BCUT2D eigenvalue weighted by atomic mass is 16.5. The van der Waals surface area contributed by atoms with Gasteiger partial charge in [-0.05, 0) is 62.0 Å². The second-order valence-corrected chi connectivity index (χ2v) is 5.82. The molecule has 3 rings (SSSR count). The minimum absolute atomic E-state index is 0.310. The number of benzene rings is 1. The predicted molar refractivity (Wildman–Crippen MR) is 75.4 cm³/mol. The van der Waals surface area contributed by atoms with Gasteiger partial charge in [0.25, 0.3) is 0 Å². The van der Waals surface area contributed by atoms with Gasteiger partial charge in [0.1, 0.15) is 5.75 Å². The van der Waals surface area contributed by atoms with Crippen molar-refractivity contribution in [1.82, 2.24) is 4.90 Å². The molecule has 1 aliphatic carbocycles. The summed E-state index contributed by atoms with van der Waals surface area (Å²) in [5, 5.41) is 10.6. The topological polar surface area (TPSA) is 32.7 Å². The molecular weight excluding hydrogens is 238 g/mol. The molecule has 0 spiro atoms. The van der Waals surface area contributed by atoms with Crippen LogP contribution in [0.2, 0.25) is 0 Å². The lowest BCUT2D eigenvalue weighted by atomic mass is 9.81. The highest BCUT2D eigenvalue weighted by molar-refractivity contribution is 5.38. The number of aliphatic hydroxyl groups is 1. The van der Waals surface area contributed by atoms with Crippen LogP contribution in [-0.2, 0) is 6.42 Å². The third-order valence-corrected chi connectivity index (χ3v) is 4.59. The van der Waals surface area contributed by atoms with E-state index in [2.05, 4.69) is 11.0 Å². The molecule has 0 amide bonds. The van der Waals surface area contributed by atoms with Gasteiger partial charge < -0.3 is 14.7 Å². The first-order valence-electron chi connectivity index (χ1n) is 7.35. The van der Waals surface area contributed by atoms with Crippen LogP contribution in [-0.4, -0.2) is 36.8 Å². The molecule has 1 aromatic rings. The molecule has 19 heavy (non-hydrogen) atoms. The van der Waals surface area contributed by atoms with Crippen LogP contribution in [0.3, 0.4) is 0 Å². The van der Waals surface area contributed by atoms with E-state index in [0.717, 1.165) is 30.7 Å². The van der Waals surface area contributed by atoms with Crippen LogP contribution in [0.1, 0.15) is 36.5 Å². The van der Waals surface area contributed by atoms with Crippen molar-refractivity contribution in [2.45, 2.75) is 31.8 Å². The highest BCUT2D eigenvalue weighted by Crippen LogP contribution is 2.36. The molecule has 0 radical (unpaired) electrons. The van der Waals surface area contributed by atoms with Crippen molar-refractivity contribution >= 4 is 0 Å². The molecule has 1 N–H and O–H groups in total. The SMILES string of the molecule is COc1ccc2c(c1)CCC(CN1CCCC1)C2O. The lowest BCUT2D eigenvalue weighted by Crippen LogP contribution is -2.32. The Hall–Kier alpha value is -1.06. The van der Waals surface area contributed by atoms with E-state index in [1.807, 2.05) is 12.1 Å². The number of hydrogen-bond donors (Lipinski definition) is 1. The smallest absolute Gasteiger partial charge is 0.119 e. The average molecular weight is 261 g/mol. The monoisotopic (exact) mass is 261 g/mol. The molecule has 1 aromatic carbocycles. The van der Waals surface area contributed by atoms with Gasteiger partial charge in [-0.25, -0.2) is 0 Å². The lowest BCUT2D eigenvalue weighted by Gasteiger charge is -2.33. The Kier molecular flexibility index (Phi) is 3.76. The summed E-state index contributed by atoms with van der Waals surface area (Å²) in [4.78, 5) is 2.50. The molecule has 2 aliphatic rings. The summed E-state index contributed by atoms with van der Waals surface area (Å²) < 4.78 is 5.26. The van der Waals surface area contributed by atoms with Gasteiger partial charge in [0, 0.05) is 12.5 Å². The van der Waals surface area contributed by atoms with Crippen LogP contribution in [0.5, 0.6) is 5.75 Å². The van der Waals surface area contributed by atoms with Crippen LogP contribution in [0.25, 0.3) is 0 Å². The Labute approximate surface area is 115 Å². The summed E-state index contributed by atoms with van der Waals surface area (Å²) in [5.74, 6) is 1.28. The molecule has 1 heterocycles. The summed E-state index contributed by atoms with van der Waals surface area (Å²) in [6.45, 7) is 3.46. The Morgan fingerprint density at radius 1 is 1.32 bits per heavy atom. The van der Waals surface area contributed by atoms with E-state index in [-0.39, 0.29) is 6.10 Å². The van der Waals surface area contributed by atoms with Crippen LogP contribution >= 0.6 is 0 Å². The van der Waals surface area contributed by atoms with Gasteiger partial charge in [-0.1, -0.05) is 6.07 Å². The number of methoxy groups -OCH3 is 1. The number of nitrogens with zero attached hydrogens (tertiary/aromatic N) is 1. The normalized spacial score (nSPS) is 27.3. The first kappa shape index (κ1) is 12.9. The van der Waals surface area contributed by atoms with Crippen LogP contribution in [0.15, 0.2) is 18.2 Å². The third kappa shape index (κ3) is 2.63. The van der Waals surface area contributed by atoms with E-state index in [1.54, 1.807) is 7.11 Å². The average Bonchev–Trinajstić information content (AvgIpc) is 2.94. The summed E-state index contributed by atoms with van der Waals surface area (Å²) in [6, 6.07) is 6.07. The van der Waals surface area contributed by atoms with Gasteiger partial charge in [-0.3, -0.25) is 0 Å². The predicted octanol–water partition coefficient (Wildman–Crippen LogP) is 2.39. The van der Waals surface area contributed by atoms with Gasteiger partial charge >= 0.3 is 0 Å². The van der Waals surface area contributed by atoms with E-state index < -0.39 is 0 Å². The largest absolute Gasteiger partial charge is 0.497 e. The van der Waals surface area contributed by atoms with Crippen molar-refractivity contribution in [1.29, 1.82) is 0 Å². The first-order valence-corrected chi connectivity index (χ1v) is 7.35. The van der Waals surface area contributed by atoms with Gasteiger partial charge in [-0.2, -0.15) is 0 Å². The van der Waals surface area contributed by atoms with Crippen molar-refractivity contribution in [2.75, 3.05) is 26.7 Å². The zero-order valence-corrected chi connectivity index (χ0v) is 11.6. The van der Waals surface area contributed by atoms with Gasteiger partial charge in [0.15, 0.2) is 0 Å². The van der Waals surface area contributed by atoms with E-state index >= 15 is 0 Å². The van der Waals surface area contributed by atoms with Gasteiger partial charge in [0.05, 0.1) is 13.2 Å². The van der Waals surface area contributed by atoms with Gasteiger partial charge in [-0.15, -0.1) is 0 Å². The number of aliphatic hydroxyl groups excluding tert-OH is 1. The Bertz CT molecular complexity index is 440. The minimum Gasteiger partial charge on any atom is -0.497 e. The minimum atomic E-state index is -0.310. The number of aryl methyl sites for hydroxylation is 1. The molecule has 1 aliphatic heterocycles. The molecule has 104 valence electrons. The van der Waals surface area contributed by atoms with Crippen molar-refractivity contribution in [3.63, 3.8) is 0 Å². The fourth-order valence-corrected chi connectivity index (χ4v) is 3.45. The van der Waals surface area contributed by atoms with E-state index in [1.165, 1.54) is 31.5 Å². The van der Waals surface area contributed by atoms with Crippen molar-refractivity contribution < 1.29 is 9.84 Å². The molecule has 2 atom stereocenters. The molecule has 3 nitrogen and oxygen atoms in total. The second-order valence-electron chi connectivity index (χ2n) is 5.82.